The van der Waals surface area contributed by atoms with E-state index in [1.165, 1.54) is 6.07 Å². The van der Waals surface area contributed by atoms with E-state index in [2.05, 4.69) is 0 Å². The number of aliphatic hydroxyl groups is 1. The van der Waals surface area contributed by atoms with Gasteiger partial charge >= 0.3 is 0 Å². The molecule has 3 heteroatoms. The lowest BCUT2D eigenvalue weighted by Crippen LogP contribution is -2.03. The van der Waals surface area contributed by atoms with Crippen molar-refractivity contribution in [2.75, 3.05) is 0 Å². The molecular formula is C16H13FOS. The quantitative estimate of drug-likeness (QED) is 0.731. The number of thiophene rings is 1. The van der Waals surface area contributed by atoms with E-state index in [1.54, 1.807) is 17.4 Å². The Morgan fingerprint density at radius 1 is 1.11 bits per heavy atom. The smallest absolute Gasteiger partial charge is 0.129 e. The molecule has 3 aromatic rings. The van der Waals surface area contributed by atoms with Crippen molar-refractivity contribution in [1.82, 2.24) is 0 Å². The maximum absolute atomic E-state index is 14.0. The van der Waals surface area contributed by atoms with Gasteiger partial charge in [-0.2, -0.15) is 0 Å². The molecule has 96 valence electrons. The van der Waals surface area contributed by atoms with E-state index in [9.17, 15) is 9.50 Å². The lowest BCUT2D eigenvalue weighted by atomic mass is 9.99. The number of fused-ring (bicyclic) bond motifs is 1. The molecule has 3 rings (SSSR count). The summed E-state index contributed by atoms with van der Waals surface area (Å²) in [5, 5.41) is 13.5. The Labute approximate surface area is 115 Å². The number of hydrogen-bond acceptors (Lipinski definition) is 2. The third-order valence-corrected chi connectivity index (χ3v) is 4.23. The van der Waals surface area contributed by atoms with Crippen molar-refractivity contribution in [1.29, 1.82) is 0 Å². The fourth-order valence-corrected chi connectivity index (χ4v) is 3.19. The molecule has 0 aliphatic rings. The van der Waals surface area contributed by atoms with Crippen LogP contribution in [0.1, 0.15) is 22.8 Å². The number of benzene rings is 2. The van der Waals surface area contributed by atoms with Gasteiger partial charge in [0.1, 0.15) is 11.9 Å². The topological polar surface area (TPSA) is 20.2 Å². The largest absolute Gasteiger partial charge is 0.383 e. The number of aliphatic hydroxyl groups excluding tert-OH is 1. The Kier molecular flexibility index (Phi) is 3.09. The average Bonchev–Trinajstić information content (AvgIpc) is 2.86. The fraction of sp³-hybridized carbons (Fsp3) is 0.125. The summed E-state index contributed by atoms with van der Waals surface area (Å²) < 4.78 is 15.0. The van der Waals surface area contributed by atoms with Gasteiger partial charge in [-0.25, -0.2) is 4.39 Å². The van der Waals surface area contributed by atoms with Gasteiger partial charge in [-0.15, -0.1) is 11.3 Å². The van der Waals surface area contributed by atoms with Crippen LogP contribution in [-0.4, -0.2) is 5.11 Å². The van der Waals surface area contributed by atoms with Gasteiger partial charge in [-0.3, -0.25) is 0 Å². The average molecular weight is 272 g/mol. The van der Waals surface area contributed by atoms with Crippen molar-refractivity contribution >= 4 is 21.4 Å². The van der Waals surface area contributed by atoms with Gasteiger partial charge in [0.05, 0.1) is 0 Å². The minimum Gasteiger partial charge on any atom is -0.383 e. The first-order chi connectivity index (χ1) is 9.16. The van der Waals surface area contributed by atoms with Crippen LogP contribution in [0.2, 0.25) is 0 Å². The molecule has 0 saturated carbocycles. The molecule has 0 fully saturated rings. The van der Waals surface area contributed by atoms with Gasteiger partial charge < -0.3 is 5.11 Å². The maximum atomic E-state index is 14.0. The highest BCUT2D eigenvalue weighted by molar-refractivity contribution is 7.17. The lowest BCUT2D eigenvalue weighted by Gasteiger charge is -2.13. The van der Waals surface area contributed by atoms with Crippen molar-refractivity contribution < 1.29 is 9.50 Å². The number of rotatable bonds is 2. The van der Waals surface area contributed by atoms with Gasteiger partial charge in [-0.05, 0) is 35.4 Å². The molecule has 0 aliphatic carbocycles. The summed E-state index contributed by atoms with van der Waals surface area (Å²) in [5.74, 6) is -0.360. The second kappa shape index (κ2) is 4.76. The molecule has 1 heterocycles. The predicted molar refractivity (Wildman–Crippen MR) is 77.0 cm³/mol. The molecule has 0 spiro atoms. The van der Waals surface area contributed by atoms with Crippen LogP contribution in [0, 0.1) is 12.7 Å². The molecule has 1 aromatic heterocycles. The van der Waals surface area contributed by atoms with Crippen molar-refractivity contribution in [2.45, 2.75) is 13.0 Å². The second-order valence-electron chi connectivity index (χ2n) is 4.61. The molecule has 1 N–H and O–H groups in total. The minimum absolute atomic E-state index is 0.325. The van der Waals surface area contributed by atoms with E-state index in [4.69, 9.17) is 0 Å². The number of aryl methyl sites for hydroxylation is 1. The predicted octanol–water partition coefficient (Wildman–Crippen LogP) is 4.43. The third-order valence-electron chi connectivity index (χ3n) is 3.25. The summed E-state index contributed by atoms with van der Waals surface area (Å²) in [5.41, 5.74) is 1.93. The monoisotopic (exact) mass is 272 g/mol. The Morgan fingerprint density at radius 2 is 1.95 bits per heavy atom. The third kappa shape index (κ3) is 2.15. The van der Waals surface area contributed by atoms with Crippen molar-refractivity contribution in [3.05, 3.63) is 70.4 Å². The van der Waals surface area contributed by atoms with Crippen LogP contribution >= 0.6 is 11.3 Å². The molecule has 0 radical (unpaired) electrons. The van der Waals surface area contributed by atoms with Crippen molar-refractivity contribution in [3.8, 4) is 0 Å². The standard InChI is InChI=1S/C16H13FOS/c1-10-5-6-12(14(17)9-10)15(18)13-4-2-3-11-7-8-19-16(11)13/h2-9,15,18H,1H3. The molecule has 2 aromatic carbocycles. The molecule has 0 bridgehead atoms. The Balaban J connectivity index is 2.13. The van der Waals surface area contributed by atoms with Gasteiger partial charge in [-0.1, -0.05) is 30.3 Å². The van der Waals surface area contributed by atoms with Crippen LogP contribution in [0.3, 0.4) is 0 Å². The SMILES string of the molecule is Cc1ccc(C(O)c2cccc3ccsc23)c(F)c1. The summed E-state index contributed by atoms with van der Waals surface area (Å²) in [6.45, 7) is 1.83. The zero-order chi connectivity index (χ0) is 13.4. The Morgan fingerprint density at radius 3 is 2.74 bits per heavy atom. The lowest BCUT2D eigenvalue weighted by molar-refractivity contribution is 0.216. The molecule has 1 atom stereocenters. The fourth-order valence-electron chi connectivity index (χ4n) is 2.25. The summed E-state index contributed by atoms with van der Waals surface area (Å²) in [4.78, 5) is 0. The summed E-state index contributed by atoms with van der Waals surface area (Å²) in [6, 6.07) is 12.7. The molecule has 1 unspecified atom stereocenters. The van der Waals surface area contributed by atoms with E-state index in [-0.39, 0.29) is 5.82 Å². The number of hydrogen-bond donors (Lipinski definition) is 1. The first kappa shape index (κ1) is 12.3. The summed E-state index contributed by atoms with van der Waals surface area (Å²) in [6.07, 6.45) is -0.928. The first-order valence-electron chi connectivity index (χ1n) is 6.07. The van der Waals surface area contributed by atoms with Crippen LogP contribution in [0.4, 0.5) is 4.39 Å². The molecule has 1 nitrogen and oxygen atoms in total. The van der Waals surface area contributed by atoms with Gasteiger partial charge in [0.25, 0.3) is 0 Å². The Bertz CT molecular complexity index is 732. The molecule has 0 saturated heterocycles. The van der Waals surface area contributed by atoms with E-state index >= 15 is 0 Å². The zero-order valence-electron chi connectivity index (χ0n) is 10.4. The second-order valence-corrected chi connectivity index (χ2v) is 5.53. The molecular weight excluding hydrogens is 259 g/mol. The molecule has 0 amide bonds. The summed E-state index contributed by atoms with van der Waals surface area (Å²) in [7, 11) is 0. The number of halogens is 1. The van der Waals surface area contributed by atoms with Crippen molar-refractivity contribution in [3.63, 3.8) is 0 Å². The highest BCUT2D eigenvalue weighted by atomic mass is 32.1. The highest BCUT2D eigenvalue weighted by Gasteiger charge is 2.17. The van der Waals surface area contributed by atoms with Crippen molar-refractivity contribution in [2.24, 2.45) is 0 Å². The first-order valence-corrected chi connectivity index (χ1v) is 6.95. The van der Waals surface area contributed by atoms with E-state index in [0.717, 1.165) is 21.2 Å². The molecule has 19 heavy (non-hydrogen) atoms. The normalized spacial score (nSPS) is 12.8. The van der Waals surface area contributed by atoms with E-state index < -0.39 is 6.10 Å². The van der Waals surface area contributed by atoms with Gasteiger partial charge in [0.15, 0.2) is 0 Å². The highest BCUT2D eigenvalue weighted by Crippen LogP contribution is 2.33. The maximum Gasteiger partial charge on any atom is 0.129 e. The van der Waals surface area contributed by atoms with Crippen LogP contribution in [0.5, 0.6) is 0 Å². The Hall–Kier alpha value is -1.71. The zero-order valence-corrected chi connectivity index (χ0v) is 11.2. The van der Waals surface area contributed by atoms with Crippen LogP contribution < -0.4 is 0 Å². The summed E-state index contributed by atoms with van der Waals surface area (Å²) >= 11 is 1.56. The van der Waals surface area contributed by atoms with Gasteiger partial charge in [0.2, 0.25) is 0 Å². The molecule has 0 aliphatic heterocycles. The minimum atomic E-state index is -0.928. The van der Waals surface area contributed by atoms with E-state index in [0.29, 0.717) is 5.56 Å². The van der Waals surface area contributed by atoms with E-state index in [1.807, 2.05) is 42.6 Å². The van der Waals surface area contributed by atoms with Crippen LogP contribution in [-0.2, 0) is 0 Å². The van der Waals surface area contributed by atoms with Crippen LogP contribution in [0.15, 0.2) is 47.8 Å². The van der Waals surface area contributed by atoms with Gasteiger partial charge in [0, 0.05) is 15.8 Å². The van der Waals surface area contributed by atoms with Crippen LogP contribution in [0.25, 0.3) is 10.1 Å².